The predicted molar refractivity (Wildman–Crippen MR) is 124 cm³/mol. The van der Waals surface area contributed by atoms with Crippen LogP contribution in [0.25, 0.3) is 0 Å². The zero-order chi connectivity index (χ0) is 24.5. The van der Waals surface area contributed by atoms with E-state index in [0.29, 0.717) is 39.0 Å². The maximum absolute atomic E-state index is 14.5. The summed E-state index contributed by atoms with van der Waals surface area (Å²) in [7, 11) is 0. The molecule has 0 saturated carbocycles. The molecule has 4 rings (SSSR count). The van der Waals surface area contributed by atoms with Crippen molar-refractivity contribution >= 4 is 5.91 Å². The fourth-order valence-electron chi connectivity index (χ4n) is 5.15. The number of benzene rings is 2. The molecule has 5 nitrogen and oxygen atoms in total. The predicted octanol–water partition coefficient (Wildman–Crippen LogP) is 5.12. The lowest BCUT2D eigenvalue weighted by molar-refractivity contribution is -0.190. The fourth-order valence-corrected chi connectivity index (χ4v) is 5.15. The first-order chi connectivity index (χ1) is 16.1. The average Bonchev–Trinajstić information content (AvgIpc) is 2.78. The van der Waals surface area contributed by atoms with Crippen LogP contribution in [0.5, 0.6) is 0 Å². The number of aliphatic hydroxyl groups is 1. The zero-order valence-electron chi connectivity index (χ0n) is 20.0. The molecule has 2 heterocycles. The minimum absolute atomic E-state index is 0.0273. The quantitative estimate of drug-likeness (QED) is 0.655. The van der Waals surface area contributed by atoms with Gasteiger partial charge in [-0.3, -0.25) is 4.79 Å². The van der Waals surface area contributed by atoms with Gasteiger partial charge in [0, 0.05) is 43.7 Å². The van der Waals surface area contributed by atoms with E-state index in [-0.39, 0.29) is 35.1 Å². The first-order valence-electron chi connectivity index (χ1n) is 12.0. The van der Waals surface area contributed by atoms with Crippen LogP contribution < -0.4 is 0 Å². The number of piperidine rings is 1. The second-order valence-corrected chi connectivity index (χ2v) is 9.90. The number of nitrogens with zero attached hydrogens (tertiary/aromatic N) is 1. The summed E-state index contributed by atoms with van der Waals surface area (Å²) in [6.45, 7) is 6.57. The minimum atomic E-state index is -1.32. The van der Waals surface area contributed by atoms with E-state index in [2.05, 4.69) is 0 Å². The summed E-state index contributed by atoms with van der Waals surface area (Å²) in [6.07, 6.45) is 2.57. The Kier molecular flexibility index (Phi) is 7.08. The van der Waals surface area contributed by atoms with Crippen LogP contribution in [0, 0.1) is 11.6 Å². The molecule has 2 fully saturated rings. The van der Waals surface area contributed by atoms with E-state index in [1.165, 1.54) is 38.1 Å². The van der Waals surface area contributed by atoms with Crippen molar-refractivity contribution in [1.82, 2.24) is 4.90 Å². The molecule has 0 bridgehead atoms. The first-order valence-corrected chi connectivity index (χ1v) is 12.0. The largest absolute Gasteiger partial charge is 0.386 e. The smallest absolute Gasteiger partial charge is 0.253 e. The number of hydrogen-bond acceptors (Lipinski definition) is 4. The van der Waals surface area contributed by atoms with Gasteiger partial charge in [-0.05, 0) is 63.4 Å². The Balaban J connectivity index is 1.47. The SMILES string of the molecule is CCO[C@@H]1C[C@H](c2ccc(F)cc2)OC2(CCN(C(=O)c3ccc(C(C)(C)O)c(F)c3)CC2)C1. The summed E-state index contributed by atoms with van der Waals surface area (Å²) in [5.41, 5.74) is -0.400. The van der Waals surface area contributed by atoms with Crippen LogP contribution in [-0.2, 0) is 15.1 Å². The molecule has 2 saturated heterocycles. The van der Waals surface area contributed by atoms with Gasteiger partial charge in [0.05, 0.1) is 23.4 Å². The monoisotopic (exact) mass is 473 g/mol. The summed E-state index contributed by atoms with van der Waals surface area (Å²) in [5.74, 6) is -1.11. The van der Waals surface area contributed by atoms with Crippen LogP contribution in [0.1, 0.15) is 74.0 Å². The van der Waals surface area contributed by atoms with Crippen molar-refractivity contribution in [2.24, 2.45) is 0 Å². The van der Waals surface area contributed by atoms with Crippen molar-refractivity contribution < 1.29 is 28.2 Å². The summed E-state index contributed by atoms with van der Waals surface area (Å²) in [5, 5.41) is 10.1. The Hall–Kier alpha value is -2.35. The highest BCUT2D eigenvalue weighted by molar-refractivity contribution is 5.94. The highest BCUT2D eigenvalue weighted by Gasteiger charge is 2.45. The molecule has 2 aromatic rings. The van der Waals surface area contributed by atoms with Gasteiger partial charge in [-0.25, -0.2) is 8.78 Å². The van der Waals surface area contributed by atoms with Gasteiger partial charge in [-0.1, -0.05) is 18.2 Å². The highest BCUT2D eigenvalue weighted by atomic mass is 19.1. The van der Waals surface area contributed by atoms with E-state index in [4.69, 9.17) is 9.47 Å². The fraction of sp³-hybridized carbons (Fsp3) is 0.519. The number of halogens is 2. The lowest BCUT2D eigenvalue weighted by Crippen LogP contribution is -2.52. The maximum Gasteiger partial charge on any atom is 0.253 e. The minimum Gasteiger partial charge on any atom is -0.386 e. The summed E-state index contributed by atoms with van der Waals surface area (Å²) >= 11 is 0. The number of carbonyl (C=O) groups is 1. The molecule has 1 spiro atoms. The van der Waals surface area contributed by atoms with Crippen molar-refractivity contribution in [3.8, 4) is 0 Å². The van der Waals surface area contributed by atoms with E-state index < -0.39 is 17.0 Å². The zero-order valence-corrected chi connectivity index (χ0v) is 20.0. The van der Waals surface area contributed by atoms with Crippen molar-refractivity contribution in [3.63, 3.8) is 0 Å². The van der Waals surface area contributed by atoms with Gasteiger partial charge in [0.2, 0.25) is 0 Å². The summed E-state index contributed by atoms with van der Waals surface area (Å²) in [6, 6.07) is 10.6. The second kappa shape index (κ2) is 9.72. The molecule has 184 valence electrons. The van der Waals surface area contributed by atoms with Gasteiger partial charge >= 0.3 is 0 Å². The number of rotatable bonds is 5. The Morgan fingerprint density at radius 1 is 1.18 bits per heavy atom. The third-order valence-electron chi connectivity index (χ3n) is 6.95. The lowest BCUT2D eigenvalue weighted by atomic mass is 9.80. The molecule has 34 heavy (non-hydrogen) atoms. The van der Waals surface area contributed by atoms with E-state index in [0.717, 1.165) is 12.0 Å². The van der Waals surface area contributed by atoms with Gasteiger partial charge in [0.25, 0.3) is 5.91 Å². The number of carbonyl (C=O) groups excluding carboxylic acids is 1. The maximum atomic E-state index is 14.5. The number of hydrogen-bond donors (Lipinski definition) is 1. The Labute approximate surface area is 199 Å². The van der Waals surface area contributed by atoms with Crippen LogP contribution in [-0.4, -0.2) is 47.3 Å². The molecule has 0 aliphatic carbocycles. The van der Waals surface area contributed by atoms with Crippen LogP contribution in [0.3, 0.4) is 0 Å². The van der Waals surface area contributed by atoms with Crippen LogP contribution in [0.15, 0.2) is 42.5 Å². The molecule has 1 N–H and O–H groups in total. The third kappa shape index (κ3) is 5.32. The molecule has 0 aromatic heterocycles. The molecule has 2 aromatic carbocycles. The second-order valence-electron chi connectivity index (χ2n) is 9.90. The van der Waals surface area contributed by atoms with Gasteiger partial charge < -0.3 is 19.5 Å². The molecule has 2 aliphatic rings. The highest BCUT2D eigenvalue weighted by Crippen LogP contribution is 2.44. The van der Waals surface area contributed by atoms with Gasteiger partial charge in [0.1, 0.15) is 11.6 Å². The average molecular weight is 474 g/mol. The lowest BCUT2D eigenvalue weighted by Gasteiger charge is -2.48. The van der Waals surface area contributed by atoms with E-state index in [1.54, 1.807) is 23.1 Å². The summed E-state index contributed by atoms with van der Waals surface area (Å²) in [4.78, 5) is 14.8. The molecule has 7 heteroatoms. The van der Waals surface area contributed by atoms with Gasteiger partial charge in [-0.2, -0.15) is 0 Å². The van der Waals surface area contributed by atoms with E-state index in [1.807, 2.05) is 6.92 Å². The van der Waals surface area contributed by atoms with Crippen molar-refractivity contribution in [2.75, 3.05) is 19.7 Å². The Bertz CT molecular complexity index is 1010. The normalized spacial score (nSPS) is 22.7. The molecular formula is C27H33F2NO4. The van der Waals surface area contributed by atoms with Crippen LogP contribution >= 0.6 is 0 Å². The molecule has 0 radical (unpaired) electrons. The van der Waals surface area contributed by atoms with Gasteiger partial charge in [0.15, 0.2) is 0 Å². The van der Waals surface area contributed by atoms with Crippen LogP contribution in [0.2, 0.25) is 0 Å². The first kappa shape index (κ1) is 24.8. The van der Waals surface area contributed by atoms with Gasteiger partial charge in [-0.15, -0.1) is 0 Å². The Morgan fingerprint density at radius 3 is 2.44 bits per heavy atom. The van der Waals surface area contributed by atoms with Crippen molar-refractivity contribution in [1.29, 1.82) is 0 Å². The third-order valence-corrected chi connectivity index (χ3v) is 6.95. The van der Waals surface area contributed by atoms with E-state index >= 15 is 0 Å². The Morgan fingerprint density at radius 2 is 1.85 bits per heavy atom. The van der Waals surface area contributed by atoms with Crippen LogP contribution in [0.4, 0.5) is 8.78 Å². The number of amides is 1. The van der Waals surface area contributed by atoms with Crippen molar-refractivity contribution in [3.05, 3.63) is 70.8 Å². The summed E-state index contributed by atoms with van der Waals surface area (Å²) < 4.78 is 40.5. The molecule has 1 amide bonds. The topological polar surface area (TPSA) is 59.0 Å². The molecule has 0 unspecified atom stereocenters. The molecule has 2 aliphatic heterocycles. The van der Waals surface area contributed by atoms with Crippen molar-refractivity contribution in [2.45, 2.75) is 69.9 Å². The number of ether oxygens (including phenoxy) is 2. The molecular weight excluding hydrogens is 440 g/mol. The van der Waals surface area contributed by atoms with E-state index in [9.17, 15) is 18.7 Å². The standard InChI is InChI=1S/C27H33F2NO4/c1-4-33-21-16-24(18-5-8-20(28)9-6-18)34-27(17-21)11-13-30(14-12-27)25(31)19-7-10-22(23(29)15-19)26(2,3)32/h5-10,15,21,24,32H,4,11-14,16-17H2,1-3H3/t21-,24-/m1/s1. The number of likely N-dealkylation sites (tertiary alicyclic amines) is 1. The molecule has 2 atom stereocenters.